The van der Waals surface area contributed by atoms with Gasteiger partial charge in [0.1, 0.15) is 0 Å². The molecule has 0 aliphatic carbocycles. The monoisotopic (exact) mass is 2000 g/mol. The molecule has 0 unspecified atom stereocenters. The number of alkyl halides is 4. The maximum Gasteiger partial charge on any atom is 0.173 e. The Labute approximate surface area is 820 Å². The van der Waals surface area contributed by atoms with Crippen LogP contribution in [0.3, 0.4) is 0 Å². The van der Waals surface area contributed by atoms with Crippen LogP contribution >= 0.6 is 63.7 Å². The van der Waals surface area contributed by atoms with E-state index in [1.54, 1.807) is 0 Å². The summed E-state index contributed by atoms with van der Waals surface area (Å²) in [5, 5.41) is 11.8. The van der Waals surface area contributed by atoms with Crippen LogP contribution in [0.4, 0.5) is 0 Å². The fourth-order valence-electron chi connectivity index (χ4n) is 16.7. The summed E-state index contributed by atoms with van der Waals surface area (Å²) in [5.41, 5.74) is 32.4. The molecule has 13 aromatic carbocycles. The molecular formula is C122H104Br4N8+6. The van der Waals surface area contributed by atoms with Gasteiger partial charge in [-0.15, -0.1) is 0 Å². The van der Waals surface area contributed by atoms with Crippen LogP contribution in [0.5, 0.6) is 0 Å². The number of benzene rings is 13. The van der Waals surface area contributed by atoms with Gasteiger partial charge < -0.3 is 0 Å². The Hall–Kier alpha value is -14.0. The summed E-state index contributed by atoms with van der Waals surface area (Å²) in [6.07, 6.45) is 33.3. The van der Waals surface area contributed by atoms with Crippen LogP contribution in [-0.2, 0) is 60.6 Å². The molecule has 8 nitrogen and oxygen atoms in total. The Morgan fingerprint density at radius 3 is 0.552 bits per heavy atom. The third kappa shape index (κ3) is 24.3. The number of hydrogen-bond donors (Lipinski definition) is 0. The van der Waals surface area contributed by atoms with E-state index >= 15 is 0 Å². The first-order chi connectivity index (χ1) is 66.1. The Balaban J connectivity index is 0.000000130. The number of pyridine rings is 8. The van der Waals surface area contributed by atoms with E-state index < -0.39 is 0 Å². The van der Waals surface area contributed by atoms with Crippen molar-refractivity contribution in [2.75, 3.05) is 0 Å². The van der Waals surface area contributed by atoms with E-state index in [1.807, 2.05) is 62.9 Å². The maximum absolute atomic E-state index is 4.03. The van der Waals surface area contributed by atoms with Gasteiger partial charge >= 0.3 is 0 Å². The summed E-state index contributed by atoms with van der Waals surface area (Å²) in [6, 6.07) is 135. The molecule has 12 heteroatoms. The van der Waals surface area contributed by atoms with Gasteiger partial charge in [-0.3, -0.25) is 9.97 Å². The standard InChI is InChI=1S/C48H40N4.C32H28Br2N2.C16H12N2.C16H10.C8H8Br2.C2H6/c1-2-38-4-3-37(1)33-49-25-17-45(18-26-49)41-9-11-43(12-10-41)47-21-29-51(30-22-47)35-39-5-7-40(8-6-39)36-52-31-23-48(24-32-52)44-15-13-42(14-16-44)46-19-27-50(34-38)28-20-46;33-21-25-1-5-27(6-2-25)23-35-17-13-31(14-18-35)29-9-11-30(12-10-29)32-15-19-36(20-16-32)24-28-7-3-26(22-34)4-8-28;1-2-14(16-7-11-18-12-8-16)4-3-13(1)15-5-9-17-10-6-15;1-3-11-7-9-13-5-2-6-14-10-8-12(4-1)15(11)16(13)14;9-5-7-1-2-8(6-10)4-3-7;1-2/h1-32H,33-36H2;1-20H,21-24H2;1-12H;1-10H;1-4H,5-6H2;1-2H3/q+4;+2;;;;. The first kappa shape index (κ1) is 91.9. The predicted octanol–water partition coefficient (Wildman–Crippen LogP) is 28.4. The minimum atomic E-state index is 0.837. The second-order valence-electron chi connectivity index (χ2n) is 33.2. The zero-order valence-corrected chi connectivity index (χ0v) is 81.5. The number of hydrogen-bond acceptors (Lipinski definition) is 2. The van der Waals surface area contributed by atoms with Gasteiger partial charge in [-0.2, -0.15) is 0 Å². The lowest BCUT2D eigenvalue weighted by Crippen LogP contribution is -2.34. The van der Waals surface area contributed by atoms with Gasteiger partial charge in [-0.05, 0) is 168 Å². The first-order valence-corrected chi connectivity index (χ1v) is 50.0. The Kier molecular flexibility index (Phi) is 31.5. The van der Waals surface area contributed by atoms with Gasteiger partial charge in [0.2, 0.25) is 0 Å². The van der Waals surface area contributed by atoms with E-state index in [9.17, 15) is 0 Å². The van der Waals surface area contributed by atoms with Gasteiger partial charge in [0.25, 0.3) is 0 Å². The lowest BCUT2D eigenvalue weighted by molar-refractivity contribution is -0.688. The molecule has 0 N–H and O–H groups in total. The normalized spacial score (nSPS) is 11.3. The molecule has 0 saturated heterocycles. The molecule has 43 rings (SSSR count). The molecule has 8 aromatic heterocycles. The fourth-order valence-corrected chi connectivity index (χ4v) is 18.2. The molecule has 0 amide bonds. The van der Waals surface area contributed by atoms with Crippen molar-refractivity contribution in [1.29, 1.82) is 0 Å². The van der Waals surface area contributed by atoms with Gasteiger partial charge in [-0.1, -0.05) is 357 Å². The Bertz CT molecular complexity index is 6580. The SMILES string of the molecule is BrCc1ccc(CBr)cc1.BrCc1ccc(C[n+]2ccc(-c3ccc(-c4cc[n+](Cc5ccc(CBr)cc5)cc4)cc3)cc2)cc1.CC.c1cc(-c2ccc(-c3ccncc3)cc2)ccn1.c1cc2ccc1C[n+]1ccc(cc1)-c1ccc(cc1)-c1cc[n+](cc1)Cc1ccc(cc1)C[n+]1ccc(cc1)-c1ccc(cc1)-c1cc[n+](cc1)C2.c1cc2ccc3cccc4ccc(c1)c2c34. The zero-order chi connectivity index (χ0) is 91.6. The van der Waals surface area contributed by atoms with E-state index in [2.05, 4.69) is 527 Å². The van der Waals surface area contributed by atoms with Gasteiger partial charge in [0, 0.05) is 152 Å². The molecular weight excluding hydrogens is 1900 g/mol. The van der Waals surface area contributed by atoms with Crippen molar-refractivity contribution in [2.24, 2.45) is 0 Å². The summed E-state index contributed by atoms with van der Waals surface area (Å²) in [7, 11) is 0. The third-order valence-electron chi connectivity index (χ3n) is 24.2. The third-order valence-corrected chi connectivity index (χ3v) is 26.8. The molecule has 0 fully saturated rings. The van der Waals surface area contributed by atoms with E-state index in [-0.39, 0.29) is 0 Å². The van der Waals surface area contributed by atoms with Crippen LogP contribution in [0.15, 0.2) is 475 Å². The quantitative estimate of drug-likeness (QED) is 0.0695. The van der Waals surface area contributed by atoms with E-state index in [0.717, 1.165) is 60.6 Å². The molecule has 0 radical (unpaired) electrons. The van der Waals surface area contributed by atoms with Crippen LogP contribution in [0.1, 0.15) is 69.5 Å². The zero-order valence-electron chi connectivity index (χ0n) is 75.2. The van der Waals surface area contributed by atoms with Gasteiger partial charge in [0.15, 0.2) is 114 Å². The first-order valence-electron chi connectivity index (χ1n) is 45.5. The van der Waals surface area contributed by atoms with Crippen LogP contribution in [0, 0.1) is 0 Å². The van der Waals surface area contributed by atoms with E-state index in [4.69, 9.17) is 0 Å². The molecule has 0 atom stereocenters. The lowest BCUT2D eigenvalue weighted by Gasteiger charge is -2.09. The summed E-state index contributed by atoms with van der Waals surface area (Å²) in [4.78, 5) is 8.06. The van der Waals surface area contributed by atoms with Crippen molar-refractivity contribution < 1.29 is 27.4 Å². The number of halogens is 4. The topological polar surface area (TPSA) is 49.1 Å². The Morgan fingerprint density at radius 2 is 0.358 bits per heavy atom. The highest BCUT2D eigenvalue weighted by molar-refractivity contribution is 9.09. The van der Waals surface area contributed by atoms with Crippen LogP contribution in [0.25, 0.3) is 121 Å². The highest BCUT2D eigenvalue weighted by Gasteiger charge is 2.16. The maximum atomic E-state index is 4.03. The highest BCUT2D eigenvalue weighted by atomic mass is 79.9. The van der Waals surface area contributed by atoms with E-state index in [1.165, 1.54) is 177 Å². The summed E-state index contributed by atoms with van der Waals surface area (Å²) >= 11 is 13.8. The van der Waals surface area contributed by atoms with Crippen LogP contribution < -0.4 is 27.4 Å². The Morgan fingerprint density at radius 1 is 0.187 bits per heavy atom. The van der Waals surface area contributed by atoms with Crippen molar-refractivity contribution in [2.45, 2.75) is 74.4 Å². The average Bonchev–Trinajstić information content (AvgIpc) is 0.748. The van der Waals surface area contributed by atoms with Crippen LogP contribution in [-0.4, -0.2) is 9.97 Å². The number of aromatic nitrogens is 8. The lowest BCUT2D eigenvalue weighted by atomic mass is 9.95. The number of rotatable bonds is 12. The van der Waals surface area contributed by atoms with Gasteiger partial charge in [0.05, 0.1) is 0 Å². The van der Waals surface area contributed by atoms with Crippen LogP contribution in [0.2, 0.25) is 0 Å². The van der Waals surface area contributed by atoms with Crippen molar-refractivity contribution in [3.63, 3.8) is 0 Å². The molecule has 21 aromatic rings. The summed E-state index contributed by atoms with van der Waals surface area (Å²) in [6.45, 7) is 9.09. The molecule has 30 heterocycles. The number of nitrogens with zero attached hydrogens (tertiary/aromatic N) is 8. The van der Waals surface area contributed by atoms with E-state index in [0.29, 0.717) is 0 Å². The molecule has 16 bridgehead atoms. The average molecular weight is 2000 g/mol. The molecule has 22 aliphatic heterocycles. The molecule has 134 heavy (non-hydrogen) atoms. The molecule has 0 spiro atoms. The summed E-state index contributed by atoms with van der Waals surface area (Å²) < 4.78 is 13.4. The largest absolute Gasteiger partial charge is 0.265 e. The van der Waals surface area contributed by atoms with Gasteiger partial charge in [-0.25, -0.2) is 27.4 Å². The fraction of sp³-hybridized carbons (Fsp3) is 0.0984. The van der Waals surface area contributed by atoms with Crippen molar-refractivity contribution >= 4 is 96.0 Å². The molecule has 22 aliphatic rings. The second kappa shape index (κ2) is 45.9. The minimum Gasteiger partial charge on any atom is -0.265 e. The highest BCUT2D eigenvalue weighted by Crippen LogP contribution is 2.35. The molecule has 0 saturated carbocycles. The predicted molar refractivity (Wildman–Crippen MR) is 565 cm³/mol. The molecule has 654 valence electrons. The van der Waals surface area contributed by atoms with Crippen molar-refractivity contribution in [1.82, 2.24) is 9.97 Å². The summed E-state index contributed by atoms with van der Waals surface area (Å²) in [5.74, 6) is 0. The smallest absolute Gasteiger partial charge is 0.173 e. The van der Waals surface area contributed by atoms with Crippen molar-refractivity contribution in [3.8, 4) is 89.0 Å². The minimum absolute atomic E-state index is 0.837. The van der Waals surface area contributed by atoms with Crippen molar-refractivity contribution in [3.05, 3.63) is 531 Å². The second-order valence-corrected chi connectivity index (χ2v) is 35.5.